The summed E-state index contributed by atoms with van der Waals surface area (Å²) >= 11 is 0. The second-order valence-corrected chi connectivity index (χ2v) is 5.67. The molecule has 1 N–H and O–H groups in total. The number of rotatable bonds is 2. The average Bonchev–Trinajstić information content (AvgIpc) is 2.42. The van der Waals surface area contributed by atoms with E-state index in [0.29, 0.717) is 5.41 Å². The summed E-state index contributed by atoms with van der Waals surface area (Å²) in [5.41, 5.74) is 1.20. The molecule has 0 bridgehead atoms. The molecule has 19 heavy (non-hydrogen) atoms. The third kappa shape index (κ3) is 5.01. The standard InChI is InChI=1S/C14H20N2O.C2H6/c1-14(2)7-5-11(6-8-14)13(17)16-12-4-3-9-15-10-12;1-2/h3-4,9-11H,5-8H2,1-2H3,(H,16,17);1-2H3. The molecule has 0 atom stereocenters. The fourth-order valence-electron chi connectivity index (χ4n) is 2.34. The third-order valence-corrected chi connectivity index (χ3v) is 3.64. The maximum Gasteiger partial charge on any atom is 0.227 e. The first-order valence-corrected chi connectivity index (χ1v) is 7.28. The number of hydrogen-bond acceptors (Lipinski definition) is 2. The summed E-state index contributed by atoms with van der Waals surface area (Å²) in [6, 6.07) is 3.71. The van der Waals surface area contributed by atoms with Crippen LogP contribution in [0.4, 0.5) is 5.69 Å². The molecule has 2 rings (SSSR count). The van der Waals surface area contributed by atoms with E-state index in [-0.39, 0.29) is 11.8 Å². The Labute approximate surface area is 116 Å². The highest BCUT2D eigenvalue weighted by Crippen LogP contribution is 2.38. The lowest BCUT2D eigenvalue weighted by atomic mass is 9.73. The Morgan fingerprint density at radius 3 is 2.47 bits per heavy atom. The van der Waals surface area contributed by atoms with Crippen molar-refractivity contribution >= 4 is 11.6 Å². The van der Waals surface area contributed by atoms with Gasteiger partial charge in [0, 0.05) is 12.1 Å². The predicted molar refractivity (Wildman–Crippen MR) is 80.0 cm³/mol. The molecule has 3 heteroatoms. The monoisotopic (exact) mass is 262 g/mol. The highest BCUT2D eigenvalue weighted by atomic mass is 16.1. The van der Waals surface area contributed by atoms with E-state index in [4.69, 9.17) is 0 Å². The van der Waals surface area contributed by atoms with Crippen LogP contribution in [0.15, 0.2) is 24.5 Å². The average molecular weight is 262 g/mol. The van der Waals surface area contributed by atoms with Gasteiger partial charge in [0.15, 0.2) is 0 Å². The van der Waals surface area contributed by atoms with Gasteiger partial charge in [-0.05, 0) is 43.2 Å². The van der Waals surface area contributed by atoms with Gasteiger partial charge in [-0.1, -0.05) is 27.7 Å². The largest absolute Gasteiger partial charge is 0.324 e. The minimum atomic E-state index is 0.147. The summed E-state index contributed by atoms with van der Waals surface area (Å²) in [4.78, 5) is 16.0. The van der Waals surface area contributed by atoms with Crippen LogP contribution in [0.3, 0.4) is 0 Å². The molecule has 1 aliphatic rings. The Kier molecular flexibility index (Phi) is 6.00. The van der Waals surface area contributed by atoms with Crippen molar-refractivity contribution in [3.8, 4) is 0 Å². The number of carbonyl (C=O) groups excluding carboxylic acids is 1. The maximum absolute atomic E-state index is 12.0. The number of carbonyl (C=O) groups is 1. The molecule has 1 amide bonds. The molecule has 0 saturated heterocycles. The Morgan fingerprint density at radius 1 is 1.32 bits per heavy atom. The van der Waals surface area contributed by atoms with Gasteiger partial charge in [0.2, 0.25) is 5.91 Å². The molecule has 1 aliphatic carbocycles. The lowest BCUT2D eigenvalue weighted by molar-refractivity contribution is -0.121. The second kappa shape index (κ2) is 7.27. The third-order valence-electron chi connectivity index (χ3n) is 3.64. The number of anilines is 1. The molecule has 0 aliphatic heterocycles. The van der Waals surface area contributed by atoms with Crippen LogP contribution < -0.4 is 5.32 Å². The summed E-state index contributed by atoms with van der Waals surface area (Å²) in [6.07, 6.45) is 7.66. The van der Waals surface area contributed by atoms with Crippen molar-refractivity contribution in [3.05, 3.63) is 24.5 Å². The van der Waals surface area contributed by atoms with Crippen molar-refractivity contribution in [3.63, 3.8) is 0 Å². The minimum Gasteiger partial charge on any atom is -0.324 e. The zero-order valence-corrected chi connectivity index (χ0v) is 12.6. The number of nitrogens with one attached hydrogen (secondary N) is 1. The fourth-order valence-corrected chi connectivity index (χ4v) is 2.34. The first kappa shape index (κ1) is 15.7. The van der Waals surface area contributed by atoms with Crippen LogP contribution in [-0.2, 0) is 4.79 Å². The van der Waals surface area contributed by atoms with E-state index < -0.39 is 0 Å². The molecular formula is C16H26N2O. The SMILES string of the molecule is CC.CC1(C)CCC(C(=O)Nc2cccnc2)CC1. The van der Waals surface area contributed by atoms with Crippen LogP contribution >= 0.6 is 0 Å². The van der Waals surface area contributed by atoms with Gasteiger partial charge >= 0.3 is 0 Å². The van der Waals surface area contributed by atoms with E-state index in [9.17, 15) is 4.79 Å². The van der Waals surface area contributed by atoms with E-state index in [0.717, 1.165) is 31.4 Å². The van der Waals surface area contributed by atoms with Gasteiger partial charge in [-0.2, -0.15) is 0 Å². The molecule has 1 saturated carbocycles. The molecule has 0 spiro atoms. The first-order chi connectivity index (χ1) is 9.07. The van der Waals surface area contributed by atoms with Crippen molar-refractivity contribution < 1.29 is 4.79 Å². The molecular weight excluding hydrogens is 236 g/mol. The van der Waals surface area contributed by atoms with Gasteiger partial charge < -0.3 is 5.32 Å². The molecule has 3 nitrogen and oxygen atoms in total. The molecule has 0 aromatic carbocycles. The Morgan fingerprint density at radius 2 is 1.95 bits per heavy atom. The first-order valence-electron chi connectivity index (χ1n) is 7.28. The molecule has 106 valence electrons. The van der Waals surface area contributed by atoms with Crippen molar-refractivity contribution in [2.75, 3.05) is 5.32 Å². The highest BCUT2D eigenvalue weighted by Gasteiger charge is 2.30. The lowest BCUT2D eigenvalue weighted by Gasteiger charge is -2.33. The van der Waals surface area contributed by atoms with E-state index in [2.05, 4.69) is 24.1 Å². The van der Waals surface area contributed by atoms with Crippen LogP contribution in [0.2, 0.25) is 0 Å². The van der Waals surface area contributed by atoms with E-state index in [1.807, 2.05) is 26.0 Å². The molecule has 1 aromatic rings. The second-order valence-electron chi connectivity index (χ2n) is 5.67. The summed E-state index contributed by atoms with van der Waals surface area (Å²) in [5, 5.41) is 2.94. The van der Waals surface area contributed by atoms with Gasteiger partial charge in [0.1, 0.15) is 0 Å². The smallest absolute Gasteiger partial charge is 0.227 e. The zero-order valence-electron chi connectivity index (χ0n) is 12.6. The number of aromatic nitrogens is 1. The fraction of sp³-hybridized carbons (Fsp3) is 0.625. The van der Waals surface area contributed by atoms with Crippen molar-refractivity contribution in [2.45, 2.75) is 53.4 Å². The van der Waals surface area contributed by atoms with Gasteiger partial charge in [-0.25, -0.2) is 0 Å². The van der Waals surface area contributed by atoms with E-state index in [1.165, 1.54) is 0 Å². The Bertz CT molecular complexity index is 377. The van der Waals surface area contributed by atoms with Crippen LogP contribution in [0.5, 0.6) is 0 Å². The van der Waals surface area contributed by atoms with Gasteiger partial charge in [-0.3, -0.25) is 9.78 Å². The van der Waals surface area contributed by atoms with Crippen LogP contribution in [0, 0.1) is 11.3 Å². The summed E-state index contributed by atoms with van der Waals surface area (Å²) in [6.45, 7) is 8.56. The Hall–Kier alpha value is -1.38. The summed E-state index contributed by atoms with van der Waals surface area (Å²) < 4.78 is 0. The number of nitrogens with zero attached hydrogens (tertiary/aromatic N) is 1. The number of hydrogen-bond donors (Lipinski definition) is 1. The van der Waals surface area contributed by atoms with Crippen LogP contribution in [0.1, 0.15) is 53.4 Å². The van der Waals surface area contributed by atoms with Gasteiger partial charge in [0.25, 0.3) is 0 Å². The molecule has 0 radical (unpaired) electrons. The number of amides is 1. The van der Waals surface area contributed by atoms with Crippen molar-refractivity contribution in [2.24, 2.45) is 11.3 Å². The number of pyridine rings is 1. The maximum atomic E-state index is 12.0. The van der Waals surface area contributed by atoms with E-state index >= 15 is 0 Å². The zero-order chi connectivity index (χ0) is 14.3. The van der Waals surface area contributed by atoms with Gasteiger partial charge in [-0.15, -0.1) is 0 Å². The Balaban J connectivity index is 0.000000861. The quantitative estimate of drug-likeness (QED) is 0.865. The minimum absolute atomic E-state index is 0.147. The predicted octanol–water partition coefficient (Wildman–Crippen LogP) is 4.26. The highest BCUT2D eigenvalue weighted by molar-refractivity contribution is 5.92. The molecule has 1 aromatic heterocycles. The summed E-state index contributed by atoms with van der Waals surface area (Å²) in [5.74, 6) is 0.316. The van der Waals surface area contributed by atoms with Crippen LogP contribution in [-0.4, -0.2) is 10.9 Å². The van der Waals surface area contributed by atoms with Gasteiger partial charge in [0.05, 0.1) is 11.9 Å². The van der Waals surface area contributed by atoms with Crippen molar-refractivity contribution in [1.82, 2.24) is 4.98 Å². The lowest BCUT2D eigenvalue weighted by Crippen LogP contribution is -2.30. The molecule has 1 heterocycles. The molecule has 1 fully saturated rings. The topological polar surface area (TPSA) is 42.0 Å². The van der Waals surface area contributed by atoms with Crippen molar-refractivity contribution in [1.29, 1.82) is 0 Å². The van der Waals surface area contributed by atoms with E-state index in [1.54, 1.807) is 12.4 Å². The normalized spacial score (nSPS) is 18.1. The van der Waals surface area contributed by atoms with Crippen LogP contribution in [0.25, 0.3) is 0 Å². The molecule has 0 unspecified atom stereocenters. The summed E-state index contributed by atoms with van der Waals surface area (Å²) in [7, 11) is 0.